The predicted octanol–water partition coefficient (Wildman–Crippen LogP) is 7.52. The molecular weight excluding hydrogens is 460 g/mol. The minimum Gasteiger partial charge on any atom is -0.444 e. The molecule has 1 aliphatic rings. The van der Waals surface area contributed by atoms with E-state index in [1.165, 1.54) is 12.1 Å². The number of aliphatic hydroxyl groups excluding tert-OH is 1. The van der Waals surface area contributed by atoms with Crippen LogP contribution in [0.15, 0.2) is 86.0 Å². The number of carbonyl (C=O) groups is 1. The molecule has 1 fully saturated rings. The highest BCUT2D eigenvalue weighted by molar-refractivity contribution is 7.27. The van der Waals surface area contributed by atoms with Crippen LogP contribution in [-0.4, -0.2) is 23.3 Å². The van der Waals surface area contributed by atoms with Crippen molar-refractivity contribution in [3.05, 3.63) is 97.4 Å². The van der Waals surface area contributed by atoms with E-state index in [0.717, 1.165) is 11.0 Å². The Morgan fingerprint density at radius 3 is 2.11 bits per heavy atom. The molecule has 6 heteroatoms. The summed E-state index contributed by atoms with van der Waals surface area (Å²) in [5, 5.41) is 11.3. The fraction of sp³-hybridized carbons (Fsp3) is 0.345. The third-order valence-electron chi connectivity index (χ3n) is 4.87. The van der Waals surface area contributed by atoms with E-state index in [1.807, 2.05) is 71.0 Å². The van der Waals surface area contributed by atoms with Gasteiger partial charge in [0, 0.05) is 5.69 Å². The molecule has 2 unspecified atom stereocenters. The fourth-order valence-corrected chi connectivity index (χ4v) is 3.40. The van der Waals surface area contributed by atoms with E-state index in [-0.39, 0.29) is 24.1 Å². The molecule has 3 rings (SSSR count). The molecular formula is C29H41FNO3P. The number of aliphatic hydroxyl groups is 1. The lowest BCUT2D eigenvalue weighted by molar-refractivity contribution is 0.103. The molecule has 1 amide bonds. The van der Waals surface area contributed by atoms with Crippen molar-refractivity contribution < 1.29 is 19.0 Å². The molecule has 4 atom stereocenters. The summed E-state index contributed by atoms with van der Waals surface area (Å²) < 4.78 is 18.4. The molecule has 0 saturated carbocycles. The normalized spacial score (nSPS) is 17.0. The average molecular weight is 502 g/mol. The summed E-state index contributed by atoms with van der Waals surface area (Å²) >= 11 is 0. The minimum absolute atomic E-state index is 0.122. The van der Waals surface area contributed by atoms with Crippen LogP contribution in [0.25, 0.3) is 0 Å². The fourth-order valence-electron chi connectivity index (χ4n) is 3.20. The summed E-state index contributed by atoms with van der Waals surface area (Å²) in [5.74, 6) is -0.332. The second-order valence-corrected chi connectivity index (χ2v) is 8.11. The van der Waals surface area contributed by atoms with Crippen molar-refractivity contribution in [2.75, 3.05) is 4.90 Å². The average Bonchev–Trinajstić information content (AvgIpc) is 3.14. The Hall–Kier alpha value is -2.75. The van der Waals surface area contributed by atoms with Gasteiger partial charge < -0.3 is 9.84 Å². The Morgan fingerprint density at radius 2 is 1.66 bits per heavy atom. The predicted molar refractivity (Wildman–Crippen MR) is 151 cm³/mol. The zero-order valence-corrected chi connectivity index (χ0v) is 22.8. The molecule has 0 spiro atoms. The number of nitrogens with zero attached hydrogens (tertiary/aromatic N) is 1. The smallest absolute Gasteiger partial charge is 0.415 e. The van der Waals surface area contributed by atoms with E-state index in [0.29, 0.717) is 18.4 Å². The van der Waals surface area contributed by atoms with Gasteiger partial charge in [0.05, 0.1) is 12.1 Å². The summed E-state index contributed by atoms with van der Waals surface area (Å²) in [4.78, 5) is 13.9. The van der Waals surface area contributed by atoms with Gasteiger partial charge in [-0.05, 0) is 68.7 Å². The van der Waals surface area contributed by atoms with Crippen LogP contribution in [0.2, 0.25) is 0 Å². The van der Waals surface area contributed by atoms with Crippen molar-refractivity contribution in [3.63, 3.8) is 0 Å². The number of anilines is 1. The highest BCUT2D eigenvalue weighted by Gasteiger charge is 2.39. The first kappa shape index (κ1) is 32.2. The monoisotopic (exact) mass is 501 g/mol. The number of cyclic esters (lactones) is 1. The largest absolute Gasteiger partial charge is 0.444 e. The lowest BCUT2D eigenvalue weighted by Gasteiger charge is -2.21. The third kappa shape index (κ3) is 11.5. The number of carbonyl (C=O) groups excluding carboxylic acids is 1. The van der Waals surface area contributed by atoms with Gasteiger partial charge in [0.2, 0.25) is 0 Å². The molecule has 1 heterocycles. The minimum atomic E-state index is -0.711. The highest BCUT2D eigenvalue weighted by Crippen LogP contribution is 2.30. The summed E-state index contributed by atoms with van der Waals surface area (Å²) in [6.45, 7) is 16.6. The van der Waals surface area contributed by atoms with Gasteiger partial charge in [-0.15, -0.1) is 15.8 Å². The summed E-state index contributed by atoms with van der Waals surface area (Å²) in [5.41, 5.74) is 1.46. The Morgan fingerprint density at radius 1 is 1.11 bits per heavy atom. The van der Waals surface area contributed by atoms with E-state index >= 15 is 0 Å². The van der Waals surface area contributed by atoms with Gasteiger partial charge in [0.1, 0.15) is 11.9 Å². The lowest BCUT2D eigenvalue weighted by Crippen LogP contribution is -2.34. The quantitative estimate of drug-likeness (QED) is 0.253. The lowest BCUT2D eigenvalue weighted by atomic mass is 10.00. The number of benzene rings is 2. The number of amides is 1. The van der Waals surface area contributed by atoms with Gasteiger partial charge in [-0.25, -0.2) is 9.18 Å². The number of rotatable bonds is 6. The van der Waals surface area contributed by atoms with Gasteiger partial charge in [-0.3, -0.25) is 4.90 Å². The Bertz CT molecular complexity index is 897. The van der Waals surface area contributed by atoms with Crippen molar-refractivity contribution >= 4 is 26.3 Å². The van der Waals surface area contributed by atoms with Crippen LogP contribution >= 0.6 is 9.24 Å². The standard InChI is InChI=1S/C19H21FNO3P.C5H8.C3H6.C2H6/c1-12-18(11-10-17(22)13-2-4-14(20)5-3-13)24-19(23)21(12)15-6-8-16(25)9-7-15;1-3-5-4-2;1-3-2;1-2/h2-9,12,17-18,22H,10-11,25H2,1H3;3-5H,1H2,2H3;3H,1H2,2H3;1-2H3/b;5-4-;;/t12?,17-,18+;;;/m0.../s1. The first-order chi connectivity index (χ1) is 16.8. The van der Waals surface area contributed by atoms with Crippen LogP contribution < -0.4 is 10.2 Å². The van der Waals surface area contributed by atoms with Gasteiger partial charge in [0.15, 0.2) is 0 Å². The SMILES string of the molecule is C=C/C=C\C.C=CC.CC.CC1[C@@H](CC[C@H](O)c2ccc(F)cc2)OC(=O)N1c1ccc(P)cc1. The van der Waals surface area contributed by atoms with Crippen molar-refractivity contribution in [2.45, 2.75) is 65.7 Å². The maximum atomic E-state index is 13.0. The van der Waals surface area contributed by atoms with E-state index in [9.17, 15) is 14.3 Å². The van der Waals surface area contributed by atoms with Crippen molar-refractivity contribution in [1.29, 1.82) is 0 Å². The van der Waals surface area contributed by atoms with Gasteiger partial charge >= 0.3 is 6.09 Å². The van der Waals surface area contributed by atoms with Crippen molar-refractivity contribution in [1.82, 2.24) is 0 Å². The highest BCUT2D eigenvalue weighted by atomic mass is 31.0. The van der Waals surface area contributed by atoms with Crippen LogP contribution in [0.3, 0.4) is 0 Å². The van der Waals surface area contributed by atoms with Crippen LogP contribution in [0.1, 0.15) is 59.1 Å². The zero-order chi connectivity index (χ0) is 26.8. The van der Waals surface area contributed by atoms with Gasteiger partial charge in [-0.2, -0.15) is 0 Å². The molecule has 1 saturated heterocycles. The Kier molecular flexibility index (Phi) is 17.1. The molecule has 2 aromatic carbocycles. The summed E-state index contributed by atoms with van der Waals surface area (Å²) in [6.07, 6.45) is 6.92. The van der Waals surface area contributed by atoms with Gasteiger partial charge in [-0.1, -0.05) is 69.0 Å². The van der Waals surface area contributed by atoms with E-state index < -0.39 is 6.10 Å². The number of ether oxygens (including phenoxy) is 1. The molecule has 0 radical (unpaired) electrons. The summed E-state index contributed by atoms with van der Waals surface area (Å²) in [6, 6.07) is 13.3. The second kappa shape index (κ2) is 18.6. The Balaban J connectivity index is 0.000000995. The van der Waals surface area contributed by atoms with Gasteiger partial charge in [0.25, 0.3) is 0 Å². The van der Waals surface area contributed by atoms with Crippen LogP contribution in [-0.2, 0) is 4.74 Å². The maximum Gasteiger partial charge on any atom is 0.415 e. The molecule has 192 valence electrons. The number of hydrogen-bond acceptors (Lipinski definition) is 3. The van der Waals surface area contributed by atoms with E-state index in [2.05, 4.69) is 22.4 Å². The van der Waals surface area contributed by atoms with Crippen molar-refractivity contribution in [2.24, 2.45) is 0 Å². The third-order valence-corrected chi connectivity index (χ3v) is 5.26. The molecule has 1 aliphatic heterocycles. The van der Waals surface area contributed by atoms with Crippen LogP contribution in [0.4, 0.5) is 14.9 Å². The molecule has 35 heavy (non-hydrogen) atoms. The topological polar surface area (TPSA) is 49.8 Å². The van der Waals surface area contributed by atoms with Crippen LogP contribution in [0.5, 0.6) is 0 Å². The van der Waals surface area contributed by atoms with E-state index in [1.54, 1.807) is 29.2 Å². The molecule has 1 N–H and O–H groups in total. The molecule has 0 aliphatic carbocycles. The molecule has 0 bridgehead atoms. The number of allylic oxidation sites excluding steroid dienone is 4. The van der Waals surface area contributed by atoms with Crippen molar-refractivity contribution in [3.8, 4) is 0 Å². The van der Waals surface area contributed by atoms with Crippen LogP contribution in [0, 0.1) is 5.82 Å². The number of hydrogen-bond donors (Lipinski definition) is 1. The van der Waals surface area contributed by atoms with E-state index in [4.69, 9.17) is 4.74 Å². The first-order valence-electron chi connectivity index (χ1n) is 11.9. The number of halogens is 1. The maximum absolute atomic E-state index is 13.0. The molecule has 2 aromatic rings. The molecule has 0 aromatic heterocycles. The zero-order valence-electron chi connectivity index (χ0n) is 21.7. The molecule has 4 nitrogen and oxygen atoms in total. The second-order valence-electron chi connectivity index (χ2n) is 7.44. The first-order valence-corrected chi connectivity index (χ1v) is 12.5. The summed E-state index contributed by atoms with van der Waals surface area (Å²) in [7, 11) is 2.61. The Labute approximate surface area is 213 Å².